The van der Waals surface area contributed by atoms with Crippen LogP contribution in [0, 0.1) is 0 Å². The minimum Gasteiger partial charge on any atom is -0.376 e. The summed E-state index contributed by atoms with van der Waals surface area (Å²) in [5.41, 5.74) is 1.28. The number of nitrogens with zero attached hydrogens (tertiary/aromatic N) is 4. The van der Waals surface area contributed by atoms with Gasteiger partial charge in [0.15, 0.2) is 5.96 Å². The van der Waals surface area contributed by atoms with Crippen LogP contribution in [0.25, 0.3) is 0 Å². The summed E-state index contributed by atoms with van der Waals surface area (Å²) < 4.78 is 13.8. The van der Waals surface area contributed by atoms with Crippen LogP contribution in [-0.2, 0) is 22.9 Å². The van der Waals surface area contributed by atoms with Gasteiger partial charge in [0, 0.05) is 46.0 Å². The Morgan fingerprint density at radius 3 is 2.86 bits per heavy atom. The van der Waals surface area contributed by atoms with Crippen LogP contribution in [0.2, 0.25) is 0 Å². The van der Waals surface area contributed by atoms with Gasteiger partial charge in [0.25, 0.3) is 0 Å². The van der Waals surface area contributed by atoms with E-state index in [0.717, 1.165) is 77.5 Å². The van der Waals surface area contributed by atoms with E-state index in [1.165, 1.54) is 18.4 Å². The third-order valence-corrected chi connectivity index (χ3v) is 5.51. The van der Waals surface area contributed by atoms with Gasteiger partial charge in [0.05, 0.1) is 25.0 Å². The summed E-state index contributed by atoms with van der Waals surface area (Å²) in [4.78, 5) is 7.23. The van der Waals surface area contributed by atoms with Crippen LogP contribution in [-0.4, -0.2) is 72.2 Å². The van der Waals surface area contributed by atoms with Crippen molar-refractivity contribution in [2.24, 2.45) is 12.0 Å². The van der Waals surface area contributed by atoms with Crippen molar-refractivity contribution in [3.63, 3.8) is 0 Å². The number of aryl methyl sites for hydroxylation is 2. The smallest absolute Gasteiger partial charge is 0.193 e. The zero-order chi connectivity index (χ0) is 19.6. The van der Waals surface area contributed by atoms with E-state index in [1.54, 1.807) is 0 Å². The Bertz CT molecular complexity index is 589. The van der Waals surface area contributed by atoms with E-state index in [-0.39, 0.29) is 0 Å². The molecule has 3 heterocycles. The van der Waals surface area contributed by atoms with Gasteiger partial charge < -0.3 is 19.7 Å². The summed E-state index contributed by atoms with van der Waals surface area (Å²) in [6, 6.07) is 0. The highest BCUT2D eigenvalue weighted by molar-refractivity contribution is 5.80. The lowest BCUT2D eigenvalue weighted by molar-refractivity contribution is -0.0721. The third-order valence-electron chi connectivity index (χ3n) is 5.51. The molecule has 0 spiro atoms. The van der Waals surface area contributed by atoms with Gasteiger partial charge in [-0.25, -0.2) is 0 Å². The predicted octanol–water partition coefficient (Wildman–Crippen LogP) is 2.37. The van der Waals surface area contributed by atoms with Gasteiger partial charge in [-0.15, -0.1) is 0 Å². The molecule has 2 aliphatic rings. The van der Waals surface area contributed by atoms with Crippen LogP contribution in [0.3, 0.4) is 0 Å². The maximum atomic E-state index is 6.14. The lowest BCUT2D eigenvalue weighted by Crippen LogP contribution is -2.47. The van der Waals surface area contributed by atoms with E-state index in [9.17, 15) is 0 Å². The number of likely N-dealkylation sites (tertiary alicyclic amines) is 1. The average molecular weight is 392 g/mol. The van der Waals surface area contributed by atoms with Gasteiger partial charge in [-0.2, -0.15) is 5.10 Å². The van der Waals surface area contributed by atoms with E-state index in [2.05, 4.69) is 28.4 Å². The summed E-state index contributed by atoms with van der Waals surface area (Å²) in [6.07, 6.45) is 12.5. The molecule has 1 atom stereocenters. The molecule has 3 rings (SSSR count). The lowest BCUT2D eigenvalue weighted by atomic mass is 10.1. The number of ether oxygens (including phenoxy) is 2. The molecule has 1 aromatic rings. The molecular weight excluding hydrogens is 354 g/mol. The minimum atomic E-state index is 0.311. The van der Waals surface area contributed by atoms with Gasteiger partial charge in [-0.05, 0) is 57.4 Å². The van der Waals surface area contributed by atoms with Crippen molar-refractivity contribution in [3.8, 4) is 0 Å². The van der Waals surface area contributed by atoms with Crippen LogP contribution < -0.4 is 5.32 Å². The number of aromatic nitrogens is 2. The molecule has 0 bridgehead atoms. The fraction of sp³-hybridized carbons (Fsp3) is 0.810. The molecule has 0 radical (unpaired) electrons. The molecule has 2 saturated heterocycles. The molecule has 28 heavy (non-hydrogen) atoms. The number of piperidine rings is 1. The van der Waals surface area contributed by atoms with E-state index >= 15 is 0 Å². The molecule has 0 aromatic carbocycles. The topological polar surface area (TPSA) is 63.9 Å². The maximum absolute atomic E-state index is 6.14. The Labute approximate surface area is 169 Å². The Morgan fingerprint density at radius 2 is 2.18 bits per heavy atom. The molecule has 2 fully saturated rings. The van der Waals surface area contributed by atoms with Gasteiger partial charge in [-0.1, -0.05) is 0 Å². The quantitative estimate of drug-likeness (QED) is 0.419. The Balaban J connectivity index is 1.37. The van der Waals surface area contributed by atoms with Crippen molar-refractivity contribution in [1.82, 2.24) is 20.0 Å². The molecule has 2 aliphatic heterocycles. The van der Waals surface area contributed by atoms with Crippen LogP contribution in [0.5, 0.6) is 0 Å². The Morgan fingerprint density at radius 1 is 1.32 bits per heavy atom. The molecule has 158 valence electrons. The van der Waals surface area contributed by atoms with Crippen LogP contribution in [0.1, 0.15) is 51.0 Å². The second-order valence-electron chi connectivity index (χ2n) is 7.87. The SMILES string of the molecule is CCNC(=NCCCc1cnn(C)c1)N1CCC(OCC2CCCCO2)CC1. The summed E-state index contributed by atoms with van der Waals surface area (Å²) in [6.45, 7) is 7.53. The summed E-state index contributed by atoms with van der Waals surface area (Å²) in [5, 5.41) is 7.68. The molecule has 1 aromatic heterocycles. The first-order valence-corrected chi connectivity index (χ1v) is 11.0. The van der Waals surface area contributed by atoms with Crippen molar-refractivity contribution < 1.29 is 9.47 Å². The third kappa shape index (κ3) is 6.78. The first-order valence-electron chi connectivity index (χ1n) is 11.0. The van der Waals surface area contributed by atoms with Crippen molar-refractivity contribution in [2.75, 3.05) is 39.4 Å². The van der Waals surface area contributed by atoms with Crippen molar-refractivity contribution in [2.45, 2.75) is 64.1 Å². The van der Waals surface area contributed by atoms with Gasteiger partial charge >= 0.3 is 0 Å². The fourth-order valence-corrected chi connectivity index (χ4v) is 3.91. The summed E-state index contributed by atoms with van der Waals surface area (Å²) >= 11 is 0. The zero-order valence-electron chi connectivity index (χ0n) is 17.6. The largest absolute Gasteiger partial charge is 0.376 e. The highest BCUT2D eigenvalue weighted by Gasteiger charge is 2.23. The van der Waals surface area contributed by atoms with Crippen LogP contribution in [0.15, 0.2) is 17.4 Å². The van der Waals surface area contributed by atoms with Crippen molar-refractivity contribution in [3.05, 3.63) is 18.0 Å². The van der Waals surface area contributed by atoms with Crippen molar-refractivity contribution >= 4 is 5.96 Å². The highest BCUT2D eigenvalue weighted by Crippen LogP contribution is 2.18. The van der Waals surface area contributed by atoms with Crippen LogP contribution >= 0.6 is 0 Å². The highest BCUT2D eigenvalue weighted by atomic mass is 16.5. The first kappa shape index (κ1) is 21.1. The van der Waals surface area contributed by atoms with E-state index < -0.39 is 0 Å². The van der Waals surface area contributed by atoms with Crippen LogP contribution in [0.4, 0.5) is 0 Å². The second-order valence-corrected chi connectivity index (χ2v) is 7.87. The van der Waals surface area contributed by atoms with Crippen molar-refractivity contribution in [1.29, 1.82) is 0 Å². The number of hydrogen-bond acceptors (Lipinski definition) is 4. The standard InChI is InChI=1S/C21H37N5O2/c1-3-22-21(23-11-6-7-18-15-24-25(2)16-18)26-12-9-19(10-13-26)28-17-20-8-4-5-14-27-20/h15-16,19-20H,3-14,17H2,1-2H3,(H,22,23). The Kier molecular flexibility index (Phi) is 8.61. The molecule has 7 heteroatoms. The van der Waals surface area contributed by atoms with Gasteiger partial charge in [0.1, 0.15) is 0 Å². The van der Waals surface area contributed by atoms with E-state index in [4.69, 9.17) is 14.5 Å². The van der Waals surface area contributed by atoms with Gasteiger partial charge in [-0.3, -0.25) is 9.67 Å². The number of nitrogens with one attached hydrogen (secondary N) is 1. The first-order chi connectivity index (χ1) is 13.7. The van der Waals surface area contributed by atoms with E-state index in [0.29, 0.717) is 12.2 Å². The molecule has 7 nitrogen and oxygen atoms in total. The number of guanidine groups is 1. The fourth-order valence-electron chi connectivity index (χ4n) is 3.91. The molecular formula is C21H37N5O2. The van der Waals surface area contributed by atoms with E-state index in [1.807, 2.05) is 17.9 Å². The number of hydrogen-bond donors (Lipinski definition) is 1. The number of rotatable bonds is 8. The summed E-state index contributed by atoms with van der Waals surface area (Å²) in [5.74, 6) is 1.04. The molecule has 1 unspecified atom stereocenters. The lowest BCUT2D eigenvalue weighted by Gasteiger charge is -2.35. The molecule has 0 saturated carbocycles. The van der Waals surface area contributed by atoms with Gasteiger partial charge in [0.2, 0.25) is 0 Å². The minimum absolute atomic E-state index is 0.311. The average Bonchev–Trinajstić information content (AvgIpc) is 3.15. The molecule has 0 aliphatic carbocycles. The normalized spacial score (nSPS) is 21.9. The predicted molar refractivity (Wildman–Crippen MR) is 112 cm³/mol. The summed E-state index contributed by atoms with van der Waals surface area (Å²) in [7, 11) is 1.96. The second kappa shape index (κ2) is 11.4. The zero-order valence-corrected chi connectivity index (χ0v) is 17.6. The maximum Gasteiger partial charge on any atom is 0.193 e. The molecule has 1 N–H and O–H groups in total. The number of aliphatic imine (C=N–C) groups is 1. The Hall–Kier alpha value is -1.60. The monoisotopic (exact) mass is 391 g/mol. The molecule has 0 amide bonds.